The third kappa shape index (κ3) is 39.6. The summed E-state index contributed by atoms with van der Waals surface area (Å²) < 4.78 is 43.2. The Hall–Kier alpha value is 1.56. The molecule has 0 bridgehead atoms. The van der Waals surface area contributed by atoms with Crippen LogP contribution in [0.1, 0.15) is 108 Å². The van der Waals surface area contributed by atoms with Crippen LogP contribution in [0.25, 0.3) is 10.4 Å². The molecule has 48 radical (unpaired) electrons. The van der Waals surface area contributed by atoms with Crippen LogP contribution in [0, 0.1) is 37.5 Å². The lowest BCUT2D eigenvalue weighted by molar-refractivity contribution is 0.544. The normalized spacial score (nSPS) is 14.4. The third-order valence-electron chi connectivity index (χ3n) is 25.1. The van der Waals surface area contributed by atoms with Crippen molar-refractivity contribution in [1.29, 1.82) is 0 Å². The van der Waals surface area contributed by atoms with Gasteiger partial charge in [-0.1, -0.05) is 96.0 Å². The van der Waals surface area contributed by atoms with Crippen molar-refractivity contribution in [3.8, 4) is 23.7 Å². The third-order valence-corrected chi connectivity index (χ3v) is 70.2. The molecule has 0 saturated heterocycles. The predicted octanol–water partition coefficient (Wildman–Crippen LogP) is 5.88. The van der Waals surface area contributed by atoms with E-state index in [1.165, 1.54) is 92.9 Å². The Morgan fingerprint density at radius 2 is 0.577 bits per heavy atom. The van der Waals surface area contributed by atoms with Gasteiger partial charge in [0.1, 0.15) is 0 Å². The Bertz CT molecular complexity index is 4010. The van der Waals surface area contributed by atoms with E-state index in [-0.39, 0.29) is 0 Å². The second-order valence-corrected chi connectivity index (χ2v) is 95.8. The standard InChI is InChI=1S/C48H104B40O6Si12.C8H12.C8H10.C8H12/c1-37-41(39(3)101(21,22)91-97(13,14)35-71-85(65)47(79(57)58,87(67)75-51)105(29,30)93-99(17,18)33-69-81(61)45(5,77(53)54)83(63)73-49)42(38(2)44(104(27,28)90-96(10,11)12)43(37)103(25,26)89-95(7,8)9)40(4)102(23,24)92-98(15,16)36-72-86(66)48(80(59)60,88(68)76-52)106(31,32)94-100(19,20)34-70-82(62)46(6,78(55)56)84(64)74-50;2*1-7(2)5-6-8(3)4;1-5-6-8(4)7(2)3/h33-36H2,1-32H3;1-4H3;1,3H2,2,4H3;1-4H3. The van der Waals surface area contributed by atoms with Crippen LogP contribution in [0.15, 0.2) is 58.1 Å². The summed E-state index contributed by atoms with van der Waals surface area (Å²) in [5, 5.41) is 5.54. The van der Waals surface area contributed by atoms with Gasteiger partial charge >= 0.3 is 0 Å². The molecular formula is C72H138B40O6Si12. The Morgan fingerprint density at radius 1 is 0.338 bits per heavy atom. The summed E-state index contributed by atoms with van der Waals surface area (Å²) in [4.78, 5) is 0. The minimum atomic E-state index is -3.21. The van der Waals surface area contributed by atoms with E-state index in [0.717, 1.165) is 11.1 Å². The van der Waals surface area contributed by atoms with Gasteiger partial charge in [0.25, 0.3) is 0 Å². The molecule has 1 aromatic carbocycles. The Labute approximate surface area is 854 Å². The molecule has 1 aromatic rings. The molecule has 0 aliphatic carbocycles. The van der Waals surface area contributed by atoms with E-state index >= 15 is 0 Å². The summed E-state index contributed by atoms with van der Waals surface area (Å²) in [6.45, 7) is 88.7. The summed E-state index contributed by atoms with van der Waals surface area (Å²) in [6, 6.07) is 0. The van der Waals surface area contributed by atoms with Gasteiger partial charge in [0.2, 0.25) is 33.3 Å². The minimum absolute atomic E-state index is 0.510. The maximum atomic E-state index is 7.87. The van der Waals surface area contributed by atoms with E-state index < -0.39 is 197 Å². The first-order valence-corrected chi connectivity index (χ1v) is 82.5. The lowest BCUT2D eigenvalue weighted by Gasteiger charge is -2.58. The van der Waals surface area contributed by atoms with Gasteiger partial charge in [-0.2, -0.15) is 0 Å². The molecule has 630 valence electrons. The van der Waals surface area contributed by atoms with Gasteiger partial charge in [-0.15, -0.1) is 25.6 Å². The van der Waals surface area contributed by atoms with E-state index in [9.17, 15) is 0 Å². The molecule has 0 spiro atoms. The highest BCUT2D eigenvalue weighted by atomic mass is 28.4. The lowest BCUT2D eigenvalue weighted by Crippen LogP contribution is -2.74. The average molecular weight is 1870 g/mol. The number of rotatable bonds is 46. The van der Waals surface area contributed by atoms with E-state index in [1.54, 1.807) is 0 Å². The molecule has 58 heteroatoms. The van der Waals surface area contributed by atoms with Gasteiger partial charge < -0.3 is 24.7 Å². The minimum Gasteiger partial charge on any atom is -0.457 e. The molecule has 1 rings (SSSR count). The maximum absolute atomic E-state index is 7.87. The first-order valence-electron chi connectivity index (χ1n) is 45.8. The molecule has 4 atom stereocenters. The van der Waals surface area contributed by atoms with Crippen LogP contribution in [0.4, 0.5) is 0 Å². The van der Waals surface area contributed by atoms with Gasteiger partial charge in [-0.05, 0) is 327 Å². The fraction of sp³-hybridized carbons (Fsp3) is 0.694. The molecule has 0 heterocycles. The second kappa shape index (κ2) is 55.0. The number of allylic oxidation sites excluding steroid dienone is 6. The van der Waals surface area contributed by atoms with Crippen LogP contribution in [0.3, 0.4) is 0 Å². The van der Waals surface area contributed by atoms with Crippen molar-refractivity contribution in [3.63, 3.8) is 0 Å². The van der Waals surface area contributed by atoms with Crippen molar-refractivity contribution in [2.45, 2.75) is 324 Å². The summed E-state index contributed by atoms with van der Waals surface area (Å²) in [7, 11) is 115. The van der Waals surface area contributed by atoms with Crippen LogP contribution in [0.5, 0.6) is 0 Å². The first-order chi connectivity index (χ1) is 58.0. The molecule has 0 N–H and O–H groups in total. The van der Waals surface area contributed by atoms with Gasteiger partial charge in [-0.25, -0.2) is 0 Å². The SMILES string of the molecule is C=C(C)C#CC(=C)C.CC#CC(C)=C(C)C.CC(C)=C=C=C(C)C.[B][B]B([B])C(C)(B([B])[B])B([B])[B]C[Si](C)(C)O[Si](C)(C)C(B([B])[B])(B([B])[B][B])B([B])[B]C[Si](C)(C)O[Si](C)(C)C(C)=c1c(C)c([Si](C)(C)O[Si](C)(C)C)c([Si](C)(C)O[Si](C)(C)C)c(C)c1=C(C)[Si](C)(C)O[Si](C)(C)C[B]B([B])C(B([B])[B])(B([B])[B][B])[Si](C)(C)O[Si](C)(C)C[B]B([B])C(C)(B([B])[B])B([B])[B][B]. The highest BCUT2D eigenvalue weighted by Gasteiger charge is 2.60. The molecule has 0 saturated carbocycles. The predicted molar refractivity (Wildman–Crippen MR) is 664 cm³/mol. The van der Waals surface area contributed by atoms with E-state index in [2.05, 4.69) is 274 Å². The van der Waals surface area contributed by atoms with Crippen molar-refractivity contribution < 1.29 is 24.7 Å². The number of hydrogen-bond donors (Lipinski definition) is 0. The monoisotopic (exact) mass is 1880 g/mol. The number of hydrogen-bond acceptors (Lipinski definition) is 6. The van der Waals surface area contributed by atoms with Crippen molar-refractivity contribution >= 4 is 410 Å². The van der Waals surface area contributed by atoms with Gasteiger partial charge in [0, 0.05) is 261 Å². The van der Waals surface area contributed by atoms with Crippen molar-refractivity contribution in [3.05, 3.63) is 79.6 Å². The Kier molecular flexibility index (Phi) is 57.4. The van der Waals surface area contributed by atoms with E-state index in [1.807, 2.05) is 83.6 Å². The molecule has 0 fully saturated rings. The smallest absolute Gasteiger partial charge is 0.206 e. The number of benzene rings is 1. The molecule has 0 aliphatic rings. The van der Waals surface area contributed by atoms with Gasteiger partial charge in [0.15, 0.2) is 66.5 Å². The van der Waals surface area contributed by atoms with Crippen molar-refractivity contribution in [2.75, 3.05) is 0 Å². The Balaban J connectivity index is -0.00000583. The van der Waals surface area contributed by atoms with E-state index in [4.69, 9.17) is 179 Å². The van der Waals surface area contributed by atoms with Crippen LogP contribution in [-0.2, 0) is 24.7 Å². The zero-order valence-electron chi connectivity index (χ0n) is 89.8. The molecule has 4 unspecified atom stereocenters. The first kappa shape index (κ1) is 136. The van der Waals surface area contributed by atoms with Crippen molar-refractivity contribution in [2.24, 2.45) is 0 Å². The van der Waals surface area contributed by atoms with Crippen LogP contribution >= 0.6 is 0 Å². The molecule has 0 aromatic heterocycles. The Morgan fingerprint density at radius 3 is 0.762 bits per heavy atom. The zero-order valence-corrected chi connectivity index (χ0v) is 102. The van der Waals surface area contributed by atoms with Crippen LogP contribution < -0.4 is 20.8 Å². The fourth-order valence-corrected chi connectivity index (χ4v) is 73.0. The average Bonchev–Trinajstić information content (AvgIpc) is 0.710. The summed E-state index contributed by atoms with van der Waals surface area (Å²) in [5.41, 5.74) is 15.0. The summed E-state index contributed by atoms with van der Waals surface area (Å²) in [5.74, 6) is 13.5. The quantitative estimate of drug-likeness (QED) is 0.0463. The molecular weight excluding hydrogens is 1730 g/mol. The van der Waals surface area contributed by atoms with Gasteiger partial charge in [-0.3, -0.25) is 0 Å². The van der Waals surface area contributed by atoms with Crippen LogP contribution in [0.2, 0.25) is 214 Å². The molecule has 0 aliphatic heterocycles. The van der Waals surface area contributed by atoms with E-state index in [0.29, 0.717) is 23.8 Å². The summed E-state index contributed by atoms with van der Waals surface area (Å²) in [6.07, 6.45) is 0. The largest absolute Gasteiger partial charge is 0.457 e. The second-order valence-electron chi connectivity index (χ2n) is 44.4. The highest BCUT2D eigenvalue weighted by molar-refractivity contribution is 7.67. The van der Waals surface area contributed by atoms with Crippen molar-refractivity contribution in [1.82, 2.24) is 0 Å². The molecule has 130 heavy (non-hydrogen) atoms. The zero-order chi connectivity index (χ0) is 104. The maximum Gasteiger partial charge on any atom is 0.206 e. The topological polar surface area (TPSA) is 55.4 Å². The molecule has 0 amide bonds. The highest BCUT2D eigenvalue weighted by Crippen LogP contribution is 2.47. The fourth-order valence-electron chi connectivity index (χ4n) is 18.1. The lowest BCUT2D eigenvalue weighted by atomic mass is 8.75. The summed E-state index contributed by atoms with van der Waals surface area (Å²) >= 11 is 0. The molecule has 6 nitrogen and oxygen atoms in total. The van der Waals surface area contributed by atoms with Gasteiger partial charge in [0.05, 0.1) is 28.7 Å². The van der Waals surface area contributed by atoms with Crippen LogP contribution in [-0.4, -0.2) is 389 Å².